The van der Waals surface area contributed by atoms with E-state index in [1.165, 1.54) is 8.61 Å². The summed E-state index contributed by atoms with van der Waals surface area (Å²) in [6.07, 6.45) is 5.13. The Labute approximate surface area is 119 Å². The molecule has 1 heterocycles. The van der Waals surface area contributed by atoms with Gasteiger partial charge in [-0.1, -0.05) is 19.3 Å². The van der Waals surface area contributed by atoms with Crippen LogP contribution >= 0.6 is 0 Å². The third-order valence-electron chi connectivity index (χ3n) is 4.47. The van der Waals surface area contributed by atoms with Crippen LogP contribution in [0.3, 0.4) is 0 Å². The lowest BCUT2D eigenvalue weighted by atomic mass is 9.96. The molecule has 1 atom stereocenters. The number of aliphatic carboxylic acids is 1. The molecule has 8 heteroatoms. The summed E-state index contributed by atoms with van der Waals surface area (Å²) >= 11 is 0. The maximum Gasteiger partial charge on any atom is 0.325 e. The van der Waals surface area contributed by atoms with E-state index in [1.54, 1.807) is 7.05 Å². The van der Waals surface area contributed by atoms with Gasteiger partial charge in [0.1, 0.15) is 5.54 Å². The van der Waals surface area contributed by atoms with Crippen molar-refractivity contribution < 1.29 is 18.3 Å². The number of hydrogen-bond acceptors (Lipinski definition) is 4. The summed E-state index contributed by atoms with van der Waals surface area (Å²) in [5.74, 6) is -1.14. The molecule has 7 nitrogen and oxygen atoms in total. The van der Waals surface area contributed by atoms with Crippen LogP contribution < -0.4 is 5.73 Å². The van der Waals surface area contributed by atoms with Crippen molar-refractivity contribution >= 4 is 16.2 Å². The number of carbonyl (C=O) groups is 1. The van der Waals surface area contributed by atoms with E-state index in [0.29, 0.717) is 0 Å². The molecule has 0 spiro atoms. The van der Waals surface area contributed by atoms with E-state index < -0.39 is 21.7 Å². The second kappa shape index (κ2) is 5.59. The predicted octanol–water partition coefficient (Wildman–Crippen LogP) is -0.0165. The lowest BCUT2D eigenvalue weighted by Gasteiger charge is -2.33. The molecular formula is C12H23N3O4S. The van der Waals surface area contributed by atoms with Crippen LogP contribution in [-0.4, -0.2) is 59.8 Å². The Kier molecular flexibility index (Phi) is 4.38. The molecule has 1 saturated heterocycles. The van der Waals surface area contributed by atoms with Crippen LogP contribution in [0, 0.1) is 0 Å². The summed E-state index contributed by atoms with van der Waals surface area (Å²) in [4.78, 5) is 11.1. The van der Waals surface area contributed by atoms with Gasteiger partial charge in [-0.2, -0.15) is 17.0 Å². The largest absolute Gasteiger partial charge is 0.480 e. The van der Waals surface area contributed by atoms with Gasteiger partial charge in [-0.3, -0.25) is 4.79 Å². The summed E-state index contributed by atoms with van der Waals surface area (Å²) in [5, 5.41) is 9.08. The molecule has 0 aromatic carbocycles. The van der Waals surface area contributed by atoms with Crippen molar-refractivity contribution in [3.8, 4) is 0 Å². The van der Waals surface area contributed by atoms with Crippen LogP contribution in [0.1, 0.15) is 38.5 Å². The van der Waals surface area contributed by atoms with Crippen LogP contribution in [0.15, 0.2) is 0 Å². The smallest absolute Gasteiger partial charge is 0.325 e. The lowest BCUT2D eigenvalue weighted by Crippen LogP contribution is -2.53. The Morgan fingerprint density at radius 1 is 1.35 bits per heavy atom. The average molecular weight is 305 g/mol. The maximum absolute atomic E-state index is 12.5. The summed E-state index contributed by atoms with van der Waals surface area (Å²) in [6.45, 7) is 0.0178. The molecule has 3 N–H and O–H groups in total. The Hall–Kier alpha value is -0.700. The van der Waals surface area contributed by atoms with Crippen LogP contribution in [0.5, 0.6) is 0 Å². The lowest BCUT2D eigenvalue weighted by molar-refractivity contribution is -0.142. The number of nitrogens with zero attached hydrogens (tertiary/aromatic N) is 2. The minimum Gasteiger partial charge on any atom is -0.480 e. The maximum atomic E-state index is 12.5. The van der Waals surface area contributed by atoms with Crippen molar-refractivity contribution in [2.24, 2.45) is 5.73 Å². The molecule has 116 valence electrons. The van der Waals surface area contributed by atoms with Gasteiger partial charge in [-0.25, -0.2) is 0 Å². The van der Waals surface area contributed by atoms with Crippen molar-refractivity contribution in [3.05, 3.63) is 0 Å². The van der Waals surface area contributed by atoms with Gasteiger partial charge in [0.15, 0.2) is 0 Å². The van der Waals surface area contributed by atoms with Crippen molar-refractivity contribution in [3.63, 3.8) is 0 Å². The average Bonchev–Trinajstić information content (AvgIpc) is 2.84. The van der Waals surface area contributed by atoms with Crippen molar-refractivity contribution in [2.75, 3.05) is 20.1 Å². The van der Waals surface area contributed by atoms with E-state index in [1.807, 2.05) is 0 Å². The Bertz CT molecular complexity index is 475. The van der Waals surface area contributed by atoms with Crippen molar-refractivity contribution in [1.29, 1.82) is 0 Å². The first-order valence-corrected chi connectivity index (χ1v) is 8.42. The standard InChI is InChI=1S/C12H23N3O4S/c1-14(10-5-3-2-4-6-10)20(18,19)15-8-7-12(13,9-15)11(16)17/h10H,2-9,13H2,1H3,(H,16,17). The van der Waals surface area contributed by atoms with Crippen molar-refractivity contribution in [1.82, 2.24) is 8.61 Å². The zero-order chi connectivity index (χ0) is 15.0. The summed E-state index contributed by atoms with van der Waals surface area (Å²) in [5.41, 5.74) is 4.29. The zero-order valence-corrected chi connectivity index (χ0v) is 12.6. The topological polar surface area (TPSA) is 104 Å². The van der Waals surface area contributed by atoms with Crippen LogP contribution in [0.2, 0.25) is 0 Å². The molecule has 1 saturated carbocycles. The van der Waals surface area contributed by atoms with Gasteiger partial charge in [-0.15, -0.1) is 0 Å². The van der Waals surface area contributed by atoms with Crippen LogP contribution in [0.25, 0.3) is 0 Å². The van der Waals surface area contributed by atoms with Gasteiger partial charge in [-0.05, 0) is 19.3 Å². The van der Waals surface area contributed by atoms with Gasteiger partial charge >= 0.3 is 5.97 Å². The minimum atomic E-state index is -3.62. The number of carboxylic acids is 1. The number of rotatable bonds is 4. The van der Waals surface area contributed by atoms with E-state index in [-0.39, 0.29) is 25.6 Å². The van der Waals surface area contributed by atoms with Gasteiger partial charge < -0.3 is 10.8 Å². The highest BCUT2D eigenvalue weighted by Gasteiger charge is 2.47. The van der Waals surface area contributed by atoms with E-state index >= 15 is 0 Å². The molecule has 2 aliphatic rings. The Morgan fingerprint density at radius 3 is 2.45 bits per heavy atom. The highest BCUT2D eigenvalue weighted by atomic mass is 32.2. The fourth-order valence-corrected chi connectivity index (χ4v) is 4.65. The van der Waals surface area contributed by atoms with E-state index in [9.17, 15) is 13.2 Å². The molecule has 0 aromatic rings. The monoisotopic (exact) mass is 305 g/mol. The second-order valence-corrected chi connectivity index (χ2v) is 7.85. The minimum absolute atomic E-state index is 0.0198. The Balaban J connectivity index is 2.09. The molecule has 0 amide bonds. The van der Waals surface area contributed by atoms with Crippen molar-refractivity contribution in [2.45, 2.75) is 50.1 Å². The Morgan fingerprint density at radius 2 is 1.95 bits per heavy atom. The fourth-order valence-electron chi connectivity index (χ4n) is 2.98. The highest BCUT2D eigenvalue weighted by Crippen LogP contribution is 2.28. The molecule has 1 aliphatic carbocycles. The highest BCUT2D eigenvalue weighted by molar-refractivity contribution is 7.86. The third kappa shape index (κ3) is 2.83. The van der Waals surface area contributed by atoms with Gasteiger partial charge in [0.25, 0.3) is 10.2 Å². The molecule has 0 bridgehead atoms. The van der Waals surface area contributed by atoms with Crippen LogP contribution in [-0.2, 0) is 15.0 Å². The summed E-state index contributed by atoms with van der Waals surface area (Å²) in [6, 6.07) is 0.0198. The molecule has 1 aliphatic heterocycles. The zero-order valence-electron chi connectivity index (χ0n) is 11.8. The quantitative estimate of drug-likeness (QED) is 0.760. The molecular weight excluding hydrogens is 282 g/mol. The molecule has 20 heavy (non-hydrogen) atoms. The van der Waals surface area contributed by atoms with Gasteiger partial charge in [0.2, 0.25) is 0 Å². The van der Waals surface area contributed by atoms with Crippen LogP contribution in [0.4, 0.5) is 0 Å². The summed E-state index contributed by atoms with van der Waals surface area (Å²) in [7, 11) is -2.03. The molecule has 2 fully saturated rings. The second-order valence-electron chi connectivity index (χ2n) is 5.86. The first-order chi connectivity index (χ1) is 9.27. The predicted molar refractivity (Wildman–Crippen MR) is 74.3 cm³/mol. The number of hydrogen-bond donors (Lipinski definition) is 2. The fraction of sp³-hybridized carbons (Fsp3) is 0.917. The molecule has 0 radical (unpaired) electrons. The van der Waals surface area contributed by atoms with Gasteiger partial charge in [0.05, 0.1) is 0 Å². The number of nitrogens with two attached hydrogens (primary N) is 1. The molecule has 0 aromatic heterocycles. The number of carboxylic acid groups (broad SMARTS) is 1. The third-order valence-corrected chi connectivity index (χ3v) is 6.46. The molecule has 2 rings (SSSR count). The summed E-state index contributed by atoms with van der Waals surface area (Å²) < 4.78 is 27.7. The molecule has 1 unspecified atom stereocenters. The van der Waals surface area contributed by atoms with E-state index in [2.05, 4.69) is 0 Å². The first kappa shape index (κ1) is 15.7. The SMILES string of the molecule is CN(C1CCCCC1)S(=O)(=O)N1CCC(N)(C(=O)O)C1. The van der Waals surface area contributed by atoms with E-state index in [4.69, 9.17) is 10.8 Å². The van der Waals surface area contributed by atoms with E-state index in [0.717, 1.165) is 32.1 Å². The first-order valence-electron chi connectivity index (χ1n) is 7.03. The van der Waals surface area contributed by atoms with Gasteiger partial charge in [0, 0.05) is 26.2 Å². The normalized spacial score (nSPS) is 29.9.